The quantitative estimate of drug-likeness (QED) is 0.516. The molecular weight excluding hydrogens is 366 g/mol. The highest BCUT2D eigenvalue weighted by Gasteiger charge is 2.27. The minimum Gasteiger partial charge on any atom is -0.368 e. The van der Waals surface area contributed by atoms with Crippen LogP contribution in [0.2, 0.25) is 0 Å². The molecule has 30 heavy (non-hydrogen) atoms. The van der Waals surface area contributed by atoms with Gasteiger partial charge in [-0.05, 0) is 98.9 Å². The van der Waals surface area contributed by atoms with Crippen LogP contribution in [0.25, 0.3) is 11.1 Å². The van der Waals surface area contributed by atoms with Crippen LogP contribution in [0.3, 0.4) is 0 Å². The van der Waals surface area contributed by atoms with Gasteiger partial charge >= 0.3 is 0 Å². The highest BCUT2D eigenvalue weighted by Crippen LogP contribution is 2.38. The third kappa shape index (κ3) is 4.08. The second-order valence-electron chi connectivity index (χ2n) is 9.57. The van der Waals surface area contributed by atoms with Crippen molar-refractivity contribution in [2.24, 2.45) is 9.98 Å². The molecule has 0 spiro atoms. The van der Waals surface area contributed by atoms with Crippen molar-refractivity contribution in [2.45, 2.75) is 72.8 Å². The summed E-state index contributed by atoms with van der Waals surface area (Å²) in [6.45, 7) is 17.7. The summed E-state index contributed by atoms with van der Waals surface area (Å²) in [4.78, 5) is 11.5. The van der Waals surface area contributed by atoms with E-state index in [1.807, 2.05) is 7.05 Å². The number of aryl methyl sites for hydroxylation is 2. The maximum atomic E-state index is 4.70. The Hall–Kier alpha value is -2.42. The zero-order chi connectivity index (χ0) is 22.2. The first-order valence-corrected chi connectivity index (χ1v) is 11.1. The number of aliphatic imine (C=N–C) groups is 2. The summed E-state index contributed by atoms with van der Waals surface area (Å²) in [7, 11) is 4.00. The molecule has 0 radical (unpaired) electrons. The first-order chi connectivity index (χ1) is 14.1. The molecule has 1 heterocycles. The zero-order valence-electron chi connectivity index (χ0n) is 20.1. The first kappa shape index (κ1) is 22.3. The van der Waals surface area contributed by atoms with Gasteiger partial charge < -0.3 is 4.90 Å². The third-order valence-corrected chi connectivity index (χ3v) is 6.64. The minimum atomic E-state index is 0.00403. The molecule has 0 amide bonds. The number of rotatable bonds is 5. The predicted octanol–water partition coefficient (Wildman–Crippen LogP) is 6.49. The lowest BCUT2D eigenvalue weighted by Crippen LogP contribution is -2.39. The monoisotopic (exact) mass is 403 g/mol. The van der Waals surface area contributed by atoms with E-state index in [4.69, 9.17) is 4.99 Å². The van der Waals surface area contributed by atoms with Gasteiger partial charge in [-0.1, -0.05) is 19.6 Å². The van der Waals surface area contributed by atoms with Crippen LogP contribution >= 0.6 is 0 Å². The van der Waals surface area contributed by atoms with Gasteiger partial charge in [0.2, 0.25) is 0 Å². The van der Waals surface area contributed by atoms with E-state index in [2.05, 4.69) is 83.4 Å². The Labute approximate surface area is 183 Å². The standard InChI is InChI=1S/C27H37N3/c1-10-20-14-21-11-12-23(26(28-8)19(4)30(9)27(5,6)7)18(3)24(21)15-25(20)22-13-17(2)29-16-22/h14-16H,4,10-13H2,1-3,5-9H3/b28-26-. The summed E-state index contributed by atoms with van der Waals surface area (Å²) >= 11 is 0. The van der Waals surface area contributed by atoms with Gasteiger partial charge in [0.25, 0.3) is 0 Å². The minimum absolute atomic E-state index is 0.00403. The average molecular weight is 404 g/mol. The van der Waals surface area contributed by atoms with Crippen molar-refractivity contribution >= 4 is 22.6 Å². The van der Waals surface area contributed by atoms with Crippen LogP contribution in [-0.4, -0.2) is 36.0 Å². The summed E-state index contributed by atoms with van der Waals surface area (Å²) in [5.74, 6) is 0. The Bertz CT molecular complexity index is 994. The maximum absolute atomic E-state index is 4.70. The second-order valence-corrected chi connectivity index (χ2v) is 9.57. The number of nitrogens with zero attached hydrogens (tertiary/aromatic N) is 3. The summed E-state index contributed by atoms with van der Waals surface area (Å²) in [6.07, 6.45) is 6.11. The van der Waals surface area contributed by atoms with Gasteiger partial charge in [0, 0.05) is 38.0 Å². The zero-order valence-corrected chi connectivity index (χ0v) is 20.1. The summed E-state index contributed by atoms with van der Waals surface area (Å²) in [5, 5.41) is 0. The van der Waals surface area contributed by atoms with Crippen LogP contribution < -0.4 is 0 Å². The van der Waals surface area contributed by atoms with Crippen LogP contribution in [0.1, 0.15) is 76.6 Å². The SMILES string of the molecule is C=C(/C(=N/C)C1=C(C)c2cc(C3=CN=C(C)C3)c(CC)cc2CC1)N(C)C(C)(C)C. The number of benzene rings is 1. The molecule has 3 nitrogen and oxygen atoms in total. The molecule has 0 atom stereocenters. The summed E-state index contributed by atoms with van der Waals surface area (Å²) < 4.78 is 0. The number of allylic oxidation sites excluding steroid dienone is 3. The van der Waals surface area contributed by atoms with Crippen molar-refractivity contribution in [2.75, 3.05) is 14.1 Å². The van der Waals surface area contributed by atoms with E-state index < -0.39 is 0 Å². The molecule has 1 aliphatic heterocycles. The van der Waals surface area contributed by atoms with Gasteiger partial charge in [-0.2, -0.15) is 0 Å². The fourth-order valence-corrected chi connectivity index (χ4v) is 4.47. The van der Waals surface area contributed by atoms with Crippen molar-refractivity contribution in [3.05, 3.63) is 58.4 Å². The van der Waals surface area contributed by atoms with E-state index in [-0.39, 0.29) is 5.54 Å². The van der Waals surface area contributed by atoms with Crippen LogP contribution in [-0.2, 0) is 12.8 Å². The molecule has 2 aliphatic rings. The Morgan fingerprint density at radius 2 is 1.87 bits per heavy atom. The molecule has 3 rings (SSSR count). The molecule has 0 saturated carbocycles. The van der Waals surface area contributed by atoms with E-state index in [1.54, 1.807) is 0 Å². The van der Waals surface area contributed by atoms with E-state index in [0.717, 1.165) is 37.1 Å². The van der Waals surface area contributed by atoms with Crippen LogP contribution in [0.4, 0.5) is 0 Å². The van der Waals surface area contributed by atoms with Gasteiger partial charge in [-0.15, -0.1) is 0 Å². The van der Waals surface area contributed by atoms with Crippen LogP contribution in [0.5, 0.6) is 0 Å². The molecule has 160 valence electrons. The lowest BCUT2D eigenvalue weighted by atomic mass is 9.80. The van der Waals surface area contributed by atoms with Gasteiger partial charge in [0.15, 0.2) is 0 Å². The average Bonchev–Trinajstić information content (AvgIpc) is 3.14. The van der Waals surface area contributed by atoms with Crippen molar-refractivity contribution in [3.63, 3.8) is 0 Å². The van der Waals surface area contributed by atoms with Crippen molar-refractivity contribution in [1.29, 1.82) is 0 Å². The largest absolute Gasteiger partial charge is 0.368 e. The fourth-order valence-electron chi connectivity index (χ4n) is 4.47. The number of fused-ring (bicyclic) bond motifs is 1. The lowest BCUT2D eigenvalue weighted by molar-refractivity contribution is 0.239. The van der Waals surface area contributed by atoms with Crippen molar-refractivity contribution in [1.82, 2.24) is 4.90 Å². The van der Waals surface area contributed by atoms with Gasteiger partial charge in [-0.25, -0.2) is 0 Å². The molecule has 0 fully saturated rings. The van der Waals surface area contributed by atoms with Gasteiger partial charge in [-0.3, -0.25) is 9.98 Å². The molecule has 0 N–H and O–H groups in total. The molecule has 1 aromatic carbocycles. The predicted molar refractivity (Wildman–Crippen MR) is 132 cm³/mol. The first-order valence-electron chi connectivity index (χ1n) is 11.1. The Morgan fingerprint density at radius 3 is 2.40 bits per heavy atom. The van der Waals surface area contributed by atoms with Crippen LogP contribution in [0, 0.1) is 0 Å². The van der Waals surface area contributed by atoms with Gasteiger partial charge in [0.1, 0.15) is 0 Å². The van der Waals surface area contributed by atoms with E-state index >= 15 is 0 Å². The fraction of sp³-hybridized carbons (Fsp3) is 0.481. The smallest absolute Gasteiger partial charge is 0.0833 e. The van der Waals surface area contributed by atoms with E-state index in [0.29, 0.717) is 0 Å². The molecular formula is C27H37N3. The maximum Gasteiger partial charge on any atom is 0.0833 e. The van der Waals surface area contributed by atoms with Crippen LogP contribution in [0.15, 0.2) is 46.2 Å². The van der Waals surface area contributed by atoms with Gasteiger partial charge in [0.05, 0.1) is 11.4 Å². The molecule has 3 heteroatoms. The van der Waals surface area contributed by atoms with E-state index in [9.17, 15) is 0 Å². The third-order valence-electron chi connectivity index (χ3n) is 6.64. The molecule has 0 aromatic heterocycles. The second kappa shape index (κ2) is 8.37. The lowest BCUT2D eigenvalue weighted by Gasteiger charge is -2.37. The van der Waals surface area contributed by atoms with E-state index in [1.165, 1.54) is 44.7 Å². The highest BCUT2D eigenvalue weighted by molar-refractivity contribution is 6.16. The topological polar surface area (TPSA) is 28.0 Å². The van der Waals surface area contributed by atoms with Crippen molar-refractivity contribution < 1.29 is 0 Å². The normalized spacial score (nSPS) is 17.0. The Kier molecular flexibility index (Phi) is 6.21. The number of hydrogen-bond donors (Lipinski definition) is 0. The Balaban J connectivity index is 2.07. The number of hydrogen-bond acceptors (Lipinski definition) is 3. The summed E-state index contributed by atoms with van der Waals surface area (Å²) in [6, 6.07) is 4.84. The molecule has 0 unspecified atom stereocenters. The van der Waals surface area contributed by atoms with Crippen molar-refractivity contribution in [3.8, 4) is 0 Å². The Morgan fingerprint density at radius 1 is 1.17 bits per heavy atom. The molecule has 0 saturated heterocycles. The molecule has 1 aliphatic carbocycles. The summed E-state index contributed by atoms with van der Waals surface area (Å²) in [5.41, 5.74) is 12.8. The molecule has 0 bridgehead atoms. The molecule has 1 aromatic rings. The highest BCUT2D eigenvalue weighted by atomic mass is 15.2.